The number of benzene rings is 1. The summed E-state index contributed by atoms with van der Waals surface area (Å²) in [6.45, 7) is 2.33. The Morgan fingerprint density at radius 1 is 1.25 bits per heavy atom. The van der Waals surface area contributed by atoms with Gasteiger partial charge in [0.1, 0.15) is 11.6 Å². The van der Waals surface area contributed by atoms with Crippen LogP contribution in [0.1, 0.15) is 5.56 Å². The van der Waals surface area contributed by atoms with E-state index in [1.807, 2.05) is 0 Å². The second kappa shape index (κ2) is 10.5. The quantitative estimate of drug-likeness (QED) is 0.711. The third-order valence-electron chi connectivity index (χ3n) is 2.47. The summed E-state index contributed by atoms with van der Waals surface area (Å²) in [6.07, 6.45) is -0.165. The fourth-order valence-corrected chi connectivity index (χ4v) is 1.50. The number of halogens is 3. The highest BCUT2D eigenvalue weighted by molar-refractivity contribution is 5.85. The van der Waals surface area contributed by atoms with Crippen LogP contribution < -0.4 is 10.6 Å². The Bertz CT molecular complexity index is 419. The number of carbonyl (C=O) groups excluding carboxylic acids is 1. The second-order valence-corrected chi connectivity index (χ2v) is 4.01. The van der Waals surface area contributed by atoms with E-state index >= 15 is 0 Å². The second-order valence-electron chi connectivity index (χ2n) is 4.01. The van der Waals surface area contributed by atoms with Gasteiger partial charge in [0, 0.05) is 32.3 Å². The summed E-state index contributed by atoms with van der Waals surface area (Å²) < 4.78 is 31.0. The number of methoxy groups -OCH3 is 1. The average Bonchev–Trinajstić information content (AvgIpc) is 2.38. The Hall–Kier alpha value is -1.24. The molecule has 0 saturated carbocycles. The number of nitrogens with one attached hydrogen (secondary N) is 2. The number of carbonyl (C=O) groups is 1. The molecule has 0 aliphatic rings. The van der Waals surface area contributed by atoms with Gasteiger partial charge in [-0.25, -0.2) is 8.78 Å². The van der Waals surface area contributed by atoms with Gasteiger partial charge < -0.3 is 15.4 Å². The van der Waals surface area contributed by atoms with Crippen molar-refractivity contribution in [3.8, 4) is 0 Å². The zero-order valence-electron chi connectivity index (χ0n) is 11.2. The fraction of sp³-hybridized carbons (Fsp3) is 0.462. The standard InChI is InChI=1S/C13H18F2N2O2.ClH/c1-19-7-6-16-4-5-17-13(18)9-10-8-11(14)2-3-12(10)15;/h2-3,8,16H,4-7,9H2,1H3,(H,17,18);1H. The summed E-state index contributed by atoms with van der Waals surface area (Å²) in [6, 6.07) is 3.08. The summed E-state index contributed by atoms with van der Waals surface area (Å²) in [5, 5.41) is 5.68. The highest BCUT2D eigenvalue weighted by Crippen LogP contribution is 2.10. The molecule has 1 aromatic rings. The lowest BCUT2D eigenvalue weighted by molar-refractivity contribution is -0.120. The van der Waals surface area contributed by atoms with Gasteiger partial charge in [-0.3, -0.25) is 4.79 Å². The molecule has 0 aliphatic heterocycles. The minimum Gasteiger partial charge on any atom is -0.383 e. The number of hydrogen-bond acceptors (Lipinski definition) is 3. The zero-order valence-corrected chi connectivity index (χ0v) is 12.1. The van der Waals surface area contributed by atoms with E-state index in [0.29, 0.717) is 26.2 Å². The summed E-state index contributed by atoms with van der Waals surface area (Å²) >= 11 is 0. The Morgan fingerprint density at radius 3 is 2.70 bits per heavy atom. The Morgan fingerprint density at radius 2 is 2.00 bits per heavy atom. The van der Waals surface area contributed by atoms with E-state index in [0.717, 1.165) is 18.2 Å². The molecule has 1 amide bonds. The van der Waals surface area contributed by atoms with E-state index < -0.39 is 11.6 Å². The molecule has 0 bridgehead atoms. The SMILES string of the molecule is COCCNCCNC(=O)Cc1cc(F)ccc1F.Cl. The molecule has 1 aromatic carbocycles. The Balaban J connectivity index is 0.00000361. The lowest BCUT2D eigenvalue weighted by atomic mass is 10.1. The van der Waals surface area contributed by atoms with Crippen molar-refractivity contribution in [3.05, 3.63) is 35.4 Å². The third kappa shape index (κ3) is 7.37. The highest BCUT2D eigenvalue weighted by atomic mass is 35.5. The van der Waals surface area contributed by atoms with E-state index in [1.165, 1.54) is 0 Å². The highest BCUT2D eigenvalue weighted by Gasteiger charge is 2.08. The van der Waals surface area contributed by atoms with Crippen molar-refractivity contribution in [1.82, 2.24) is 10.6 Å². The van der Waals surface area contributed by atoms with E-state index in [4.69, 9.17) is 4.74 Å². The van der Waals surface area contributed by atoms with Crippen LogP contribution in [-0.2, 0) is 16.0 Å². The molecule has 0 heterocycles. The van der Waals surface area contributed by atoms with Gasteiger partial charge >= 0.3 is 0 Å². The van der Waals surface area contributed by atoms with Crippen LogP contribution in [0.2, 0.25) is 0 Å². The molecule has 0 unspecified atom stereocenters. The molecule has 0 atom stereocenters. The van der Waals surface area contributed by atoms with E-state index in [9.17, 15) is 13.6 Å². The monoisotopic (exact) mass is 308 g/mol. The van der Waals surface area contributed by atoms with Crippen molar-refractivity contribution in [2.24, 2.45) is 0 Å². The molecule has 0 aliphatic carbocycles. The van der Waals surface area contributed by atoms with Gasteiger partial charge in [-0.1, -0.05) is 0 Å². The number of amides is 1. The van der Waals surface area contributed by atoms with Crippen LogP contribution in [0.4, 0.5) is 8.78 Å². The number of hydrogen-bond donors (Lipinski definition) is 2. The summed E-state index contributed by atoms with van der Waals surface area (Å²) in [5.74, 6) is -1.46. The van der Waals surface area contributed by atoms with Crippen LogP contribution in [0.3, 0.4) is 0 Å². The molecular weight excluding hydrogens is 290 g/mol. The van der Waals surface area contributed by atoms with Gasteiger partial charge in [-0.2, -0.15) is 0 Å². The predicted molar refractivity (Wildman–Crippen MR) is 75.1 cm³/mol. The van der Waals surface area contributed by atoms with Gasteiger partial charge in [-0.15, -0.1) is 12.4 Å². The van der Waals surface area contributed by atoms with Crippen LogP contribution in [0.15, 0.2) is 18.2 Å². The fourth-order valence-electron chi connectivity index (χ4n) is 1.50. The van der Waals surface area contributed by atoms with Gasteiger partial charge in [-0.05, 0) is 18.2 Å². The summed E-state index contributed by atoms with van der Waals surface area (Å²) in [7, 11) is 1.61. The number of ether oxygens (including phenoxy) is 1. The average molecular weight is 309 g/mol. The molecular formula is C13H19ClF2N2O2. The zero-order chi connectivity index (χ0) is 14.1. The molecule has 0 spiro atoms. The molecule has 20 heavy (non-hydrogen) atoms. The van der Waals surface area contributed by atoms with Crippen LogP contribution in [0.5, 0.6) is 0 Å². The third-order valence-corrected chi connectivity index (χ3v) is 2.47. The predicted octanol–water partition coefficient (Wildman–Crippen LogP) is 1.28. The normalized spacial score (nSPS) is 9.95. The van der Waals surface area contributed by atoms with E-state index in [-0.39, 0.29) is 30.3 Å². The van der Waals surface area contributed by atoms with E-state index in [1.54, 1.807) is 7.11 Å². The first kappa shape index (κ1) is 18.8. The summed E-state index contributed by atoms with van der Waals surface area (Å²) in [5.41, 5.74) is 0.0600. The van der Waals surface area contributed by atoms with Crippen molar-refractivity contribution < 1.29 is 18.3 Å². The summed E-state index contributed by atoms with van der Waals surface area (Å²) in [4.78, 5) is 11.5. The molecule has 2 N–H and O–H groups in total. The van der Waals surface area contributed by atoms with Crippen molar-refractivity contribution >= 4 is 18.3 Å². The molecule has 7 heteroatoms. The van der Waals surface area contributed by atoms with Crippen LogP contribution in [0.25, 0.3) is 0 Å². The van der Waals surface area contributed by atoms with Gasteiger partial charge in [0.15, 0.2) is 0 Å². The maximum Gasteiger partial charge on any atom is 0.224 e. The van der Waals surface area contributed by atoms with E-state index in [2.05, 4.69) is 10.6 Å². The van der Waals surface area contributed by atoms with Gasteiger partial charge in [0.2, 0.25) is 5.91 Å². The molecule has 114 valence electrons. The van der Waals surface area contributed by atoms with Crippen LogP contribution in [-0.4, -0.2) is 39.3 Å². The van der Waals surface area contributed by atoms with Gasteiger partial charge in [0.25, 0.3) is 0 Å². The van der Waals surface area contributed by atoms with Crippen LogP contribution in [0, 0.1) is 11.6 Å². The molecule has 0 radical (unpaired) electrons. The van der Waals surface area contributed by atoms with Crippen molar-refractivity contribution in [3.63, 3.8) is 0 Å². The Kier molecular flexibility index (Phi) is 9.88. The topological polar surface area (TPSA) is 50.4 Å². The maximum atomic E-state index is 13.3. The minimum absolute atomic E-state index is 0. The smallest absolute Gasteiger partial charge is 0.224 e. The molecule has 0 saturated heterocycles. The minimum atomic E-state index is -0.574. The first-order valence-electron chi connectivity index (χ1n) is 6.03. The Labute approximate surface area is 123 Å². The van der Waals surface area contributed by atoms with Crippen molar-refractivity contribution in [2.75, 3.05) is 33.4 Å². The van der Waals surface area contributed by atoms with Crippen molar-refractivity contribution in [2.45, 2.75) is 6.42 Å². The largest absolute Gasteiger partial charge is 0.383 e. The molecule has 0 aromatic heterocycles. The lowest BCUT2D eigenvalue weighted by Gasteiger charge is -2.07. The first-order valence-corrected chi connectivity index (χ1v) is 6.03. The number of rotatable bonds is 8. The molecule has 4 nitrogen and oxygen atoms in total. The van der Waals surface area contributed by atoms with Gasteiger partial charge in [0.05, 0.1) is 13.0 Å². The lowest BCUT2D eigenvalue weighted by Crippen LogP contribution is -2.34. The molecule has 1 rings (SSSR count). The molecule has 0 fully saturated rings. The maximum absolute atomic E-state index is 13.3. The van der Waals surface area contributed by atoms with Crippen molar-refractivity contribution in [1.29, 1.82) is 0 Å². The first-order chi connectivity index (χ1) is 9.13. The van der Waals surface area contributed by atoms with Crippen LogP contribution >= 0.6 is 12.4 Å².